The molecule has 0 spiro atoms. The molecule has 0 aliphatic carbocycles. The summed E-state index contributed by atoms with van der Waals surface area (Å²) in [4.78, 5) is 17.4. The van der Waals surface area contributed by atoms with Crippen LogP contribution in [0.5, 0.6) is 0 Å². The Bertz CT molecular complexity index is 525. The second kappa shape index (κ2) is 8.55. The van der Waals surface area contributed by atoms with Crippen LogP contribution in [0.25, 0.3) is 6.08 Å². The molecule has 2 fully saturated rings. The van der Waals surface area contributed by atoms with Crippen molar-refractivity contribution in [3.05, 3.63) is 42.0 Å². The molecule has 2 aliphatic rings. The van der Waals surface area contributed by atoms with Gasteiger partial charge in [0.25, 0.3) is 0 Å². The van der Waals surface area contributed by atoms with E-state index in [9.17, 15) is 4.79 Å². The highest BCUT2D eigenvalue weighted by Crippen LogP contribution is 2.20. The van der Waals surface area contributed by atoms with E-state index in [-0.39, 0.29) is 5.91 Å². The molecule has 3 nitrogen and oxygen atoms in total. The van der Waals surface area contributed by atoms with E-state index in [1.165, 1.54) is 31.7 Å². The Morgan fingerprint density at radius 2 is 1.91 bits per heavy atom. The average Bonchev–Trinajstić information content (AvgIpc) is 2.98. The van der Waals surface area contributed by atoms with Crippen molar-refractivity contribution < 1.29 is 4.79 Å². The lowest BCUT2D eigenvalue weighted by atomic mass is 10.2. The third-order valence-electron chi connectivity index (χ3n) is 4.61. The Hall–Kier alpha value is -1.26. The monoisotopic (exact) mass is 330 g/mol. The molecule has 1 unspecified atom stereocenters. The van der Waals surface area contributed by atoms with Gasteiger partial charge in [0, 0.05) is 24.9 Å². The lowest BCUT2D eigenvalue weighted by molar-refractivity contribution is -0.128. The van der Waals surface area contributed by atoms with Gasteiger partial charge in [-0.2, -0.15) is 11.8 Å². The van der Waals surface area contributed by atoms with Crippen molar-refractivity contribution in [1.29, 1.82) is 0 Å². The highest BCUT2D eigenvalue weighted by atomic mass is 32.2. The quantitative estimate of drug-likeness (QED) is 0.793. The summed E-state index contributed by atoms with van der Waals surface area (Å²) in [6.45, 7) is 4.33. The molecule has 0 radical (unpaired) electrons. The van der Waals surface area contributed by atoms with Gasteiger partial charge in [0.2, 0.25) is 5.91 Å². The normalized spacial score (nSPS) is 23.3. The molecule has 0 aromatic heterocycles. The van der Waals surface area contributed by atoms with Crippen molar-refractivity contribution in [3.63, 3.8) is 0 Å². The number of amides is 1. The summed E-state index contributed by atoms with van der Waals surface area (Å²) in [6.07, 6.45) is 7.41. The minimum Gasteiger partial charge on any atom is -0.334 e. The summed E-state index contributed by atoms with van der Waals surface area (Å²) >= 11 is 2.00. The predicted molar refractivity (Wildman–Crippen MR) is 98.6 cm³/mol. The SMILES string of the molecule is O=C(C=Cc1ccccc1)N1CCCSCC1CN1CCCC1. The largest absolute Gasteiger partial charge is 0.334 e. The minimum absolute atomic E-state index is 0.167. The summed E-state index contributed by atoms with van der Waals surface area (Å²) in [5.74, 6) is 2.41. The summed E-state index contributed by atoms with van der Waals surface area (Å²) in [5.41, 5.74) is 1.08. The van der Waals surface area contributed by atoms with Gasteiger partial charge >= 0.3 is 0 Å². The molecule has 2 saturated heterocycles. The van der Waals surface area contributed by atoms with Gasteiger partial charge in [0.05, 0.1) is 6.04 Å². The van der Waals surface area contributed by atoms with Gasteiger partial charge in [-0.25, -0.2) is 0 Å². The van der Waals surface area contributed by atoms with Gasteiger partial charge in [-0.05, 0) is 49.7 Å². The first-order valence-corrected chi connectivity index (χ1v) is 9.82. The van der Waals surface area contributed by atoms with E-state index in [1.807, 2.05) is 48.2 Å². The van der Waals surface area contributed by atoms with E-state index in [1.54, 1.807) is 6.08 Å². The van der Waals surface area contributed by atoms with Crippen LogP contribution in [0.2, 0.25) is 0 Å². The molecule has 3 rings (SSSR count). The van der Waals surface area contributed by atoms with Crippen molar-refractivity contribution in [1.82, 2.24) is 9.80 Å². The lowest BCUT2D eigenvalue weighted by Crippen LogP contribution is -2.47. The highest BCUT2D eigenvalue weighted by Gasteiger charge is 2.27. The van der Waals surface area contributed by atoms with Crippen LogP contribution in [-0.2, 0) is 4.79 Å². The molecular weight excluding hydrogens is 304 g/mol. The maximum atomic E-state index is 12.7. The summed E-state index contributed by atoms with van der Waals surface area (Å²) in [5, 5.41) is 0. The van der Waals surface area contributed by atoms with E-state index in [0.717, 1.165) is 30.8 Å². The molecule has 1 aromatic rings. The van der Waals surface area contributed by atoms with E-state index in [0.29, 0.717) is 6.04 Å². The van der Waals surface area contributed by atoms with Crippen molar-refractivity contribution in [3.8, 4) is 0 Å². The lowest BCUT2D eigenvalue weighted by Gasteiger charge is -2.32. The Morgan fingerprint density at radius 3 is 2.70 bits per heavy atom. The molecule has 4 heteroatoms. The van der Waals surface area contributed by atoms with Crippen LogP contribution in [0.4, 0.5) is 0 Å². The standard InChI is InChI=1S/C19H26N2OS/c22-19(10-9-17-7-2-1-3-8-17)21-13-6-14-23-16-18(21)15-20-11-4-5-12-20/h1-3,7-10,18H,4-6,11-16H2. The highest BCUT2D eigenvalue weighted by molar-refractivity contribution is 7.99. The predicted octanol–water partition coefficient (Wildman–Crippen LogP) is 3.13. The van der Waals surface area contributed by atoms with Crippen LogP contribution in [-0.4, -0.2) is 59.4 Å². The first kappa shape index (κ1) is 16.6. The number of likely N-dealkylation sites (tertiary alicyclic amines) is 1. The number of carbonyl (C=O) groups excluding carboxylic acids is 1. The topological polar surface area (TPSA) is 23.6 Å². The van der Waals surface area contributed by atoms with Crippen LogP contribution >= 0.6 is 11.8 Å². The number of benzene rings is 1. The molecule has 23 heavy (non-hydrogen) atoms. The summed E-state index contributed by atoms with van der Waals surface area (Å²) in [6, 6.07) is 10.4. The van der Waals surface area contributed by atoms with Crippen LogP contribution in [0.1, 0.15) is 24.8 Å². The van der Waals surface area contributed by atoms with Gasteiger partial charge in [-0.1, -0.05) is 30.3 Å². The van der Waals surface area contributed by atoms with Crippen LogP contribution in [0.3, 0.4) is 0 Å². The Kier molecular flexibility index (Phi) is 6.17. The van der Waals surface area contributed by atoms with Crippen LogP contribution in [0.15, 0.2) is 36.4 Å². The van der Waals surface area contributed by atoms with Gasteiger partial charge in [0.15, 0.2) is 0 Å². The van der Waals surface area contributed by atoms with Gasteiger partial charge in [0.1, 0.15) is 0 Å². The Morgan fingerprint density at radius 1 is 1.13 bits per heavy atom. The molecule has 1 atom stereocenters. The molecule has 2 aliphatic heterocycles. The maximum Gasteiger partial charge on any atom is 0.246 e. The second-order valence-corrected chi connectivity index (χ2v) is 7.52. The van der Waals surface area contributed by atoms with E-state index < -0.39 is 0 Å². The number of rotatable bonds is 4. The summed E-state index contributed by atoms with van der Waals surface area (Å²) < 4.78 is 0. The maximum absolute atomic E-state index is 12.7. The molecule has 1 aromatic carbocycles. The number of hydrogen-bond donors (Lipinski definition) is 0. The molecule has 2 heterocycles. The third kappa shape index (κ3) is 4.85. The van der Waals surface area contributed by atoms with Gasteiger partial charge < -0.3 is 9.80 Å². The zero-order chi connectivity index (χ0) is 15.9. The van der Waals surface area contributed by atoms with Crippen LogP contribution < -0.4 is 0 Å². The average molecular weight is 330 g/mol. The fourth-order valence-electron chi connectivity index (χ4n) is 3.36. The van der Waals surface area contributed by atoms with Crippen molar-refractivity contribution in [2.75, 3.05) is 37.7 Å². The molecular formula is C19H26N2OS. The van der Waals surface area contributed by atoms with E-state index in [2.05, 4.69) is 9.80 Å². The van der Waals surface area contributed by atoms with Gasteiger partial charge in [-0.3, -0.25) is 4.79 Å². The second-order valence-electron chi connectivity index (χ2n) is 6.37. The fraction of sp³-hybridized carbons (Fsp3) is 0.526. The zero-order valence-corrected chi connectivity index (χ0v) is 14.5. The fourth-order valence-corrected chi connectivity index (χ4v) is 4.42. The molecule has 124 valence electrons. The van der Waals surface area contributed by atoms with Crippen LogP contribution in [0, 0.1) is 0 Å². The molecule has 0 saturated carbocycles. The van der Waals surface area contributed by atoms with Crippen molar-refractivity contribution >= 4 is 23.7 Å². The molecule has 0 bridgehead atoms. The molecule has 1 amide bonds. The Balaban J connectivity index is 1.65. The van der Waals surface area contributed by atoms with Crippen molar-refractivity contribution in [2.24, 2.45) is 0 Å². The number of hydrogen-bond acceptors (Lipinski definition) is 3. The number of thioether (sulfide) groups is 1. The van der Waals surface area contributed by atoms with E-state index in [4.69, 9.17) is 0 Å². The molecule has 0 N–H and O–H groups in total. The minimum atomic E-state index is 0.167. The van der Waals surface area contributed by atoms with Crippen molar-refractivity contribution in [2.45, 2.75) is 25.3 Å². The zero-order valence-electron chi connectivity index (χ0n) is 13.7. The third-order valence-corrected chi connectivity index (χ3v) is 5.81. The van der Waals surface area contributed by atoms with Gasteiger partial charge in [-0.15, -0.1) is 0 Å². The van der Waals surface area contributed by atoms with E-state index >= 15 is 0 Å². The Labute approximate surface area is 143 Å². The number of nitrogens with zero attached hydrogens (tertiary/aromatic N) is 2. The first-order chi connectivity index (χ1) is 11.3. The smallest absolute Gasteiger partial charge is 0.246 e. The first-order valence-electron chi connectivity index (χ1n) is 8.67. The summed E-state index contributed by atoms with van der Waals surface area (Å²) in [7, 11) is 0. The number of carbonyl (C=O) groups is 1.